The summed E-state index contributed by atoms with van der Waals surface area (Å²) < 4.78 is 33.7. The predicted molar refractivity (Wildman–Crippen MR) is 86.6 cm³/mol. The van der Waals surface area contributed by atoms with Gasteiger partial charge in [0, 0.05) is 43.7 Å². The minimum Gasteiger partial charge on any atom is -0.378 e. The third-order valence-electron chi connectivity index (χ3n) is 5.37. The molecule has 2 N–H and O–H groups in total. The van der Waals surface area contributed by atoms with Crippen LogP contribution in [-0.4, -0.2) is 61.3 Å². The molecular weight excluding hydrogens is 330 g/mol. The van der Waals surface area contributed by atoms with Crippen LogP contribution < -0.4 is 10.9 Å². The number of likely N-dealkylation sites (tertiary alicyclic amines) is 1. The van der Waals surface area contributed by atoms with Gasteiger partial charge in [-0.3, -0.25) is 5.43 Å². The molecule has 3 saturated heterocycles. The quantitative estimate of drug-likeness (QED) is 0.799. The van der Waals surface area contributed by atoms with Crippen molar-refractivity contribution in [2.24, 2.45) is 5.92 Å². The van der Waals surface area contributed by atoms with Crippen LogP contribution in [0.1, 0.15) is 18.0 Å². The molecule has 0 radical (unpaired) electrons. The minimum absolute atomic E-state index is 0.0126. The summed E-state index contributed by atoms with van der Waals surface area (Å²) in [5.41, 5.74) is 6.22. The van der Waals surface area contributed by atoms with Crippen LogP contribution in [-0.2, 0) is 4.74 Å². The molecule has 3 aliphatic rings. The first-order chi connectivity index (χ1) is 12.1. The Balaban J connectivity index is 1.52. The van der Waals surface area contributed by atoms with E-state index in [1.165, 1.54) is 18.2 Å². The lowest BCUT2D eigenvalue weighted by Gasteiger charge is -2.39. The summed E-state index contributed by atoms with van der Waals surface area (Å²) in [7, 11) is 0. The van der Waals surface area contributed by atoms with Gasteiger partial charge in [0.25, 0.3) is 0 Å². The summed E-state index contributed by atoms with van der Waals surface area (Å²) in [6.45, 7) is 3.39. The number of piperidine rings is 1. The van der Waals surface area contributed by atoms with Gasteiger partial charge in [-0.1, -0.05) is 6.07 Å². The maximum Gasteiger partial charge on any atom is 0.320 e. The Morgan fingerprint density at radius 2 is 1.80 bits per heavy atom. The molecule has 136 valence electrons. The molecule has 6 nitrogen and oxygen atoms in total. The average Bonchev–Trinajstić information content (AvgIpc) is 3.05. The molecule has 3 aliphatic heterocycles. The molecule has 3 heterocycles. The van der Waals surface area contributed by atoms with Crippen molar-refractivity contribution in [3.63, 3.8) is 0 Å². The number of halogens is 2. The summed E-state index contributed by atoms with van der Waals surface area (Å²) in [4.78, 5) is 16.3. The number of fused-ring (bicyclic) bond motifs is 1. The molecule has 2 amide bonds. The van der Waals surface area contributed by atoms with E-state index < -0.39 is 17.7 Å². The van der Waals surface area contributed by atoms with E-state index in [1.807, 2.05) is 0 Å². The van der Waals surface area contributed by atoms with Gasteiger partial charge in [-0.25, -0.2) is 19.0 Å². The number of morpholine rings is 1. The van der Waals surface area contributed by atoms with Crippen molar-refractivity contribution in [3.05, 3.63) is 35.4 Å². The number of hydrogen-bond acceptors (Lipinski definition) is 4. The number of nitrogens with one attached hydrogen (secondary N) is 2. The van der Waals surface area contributed by atoms with Crippen LogP contribution in [0.2, 0.25) is 0 Å². The van der Waals surface area contributed by atoms with E-state index in [9.17, 15) is 13.6 Å². The van der Waals surface area contributed by atoms with Crippen molar-refractivity contribution in [2.75, 3.05) is 39.4 Å². The van der Waals surface area contributed by atoms with Gasteiger partial charge in [0.15, 0.2) is 0 Å². The van der Waals surface area contributed by atoms with E-state index in [4.69, 9.17) is 4.74 Å². The molecule has 0 saturated carbocycles. The Kier molecular flexibility index (Phi) is 4.58. The van der Waals surface area contributed by atoms with Gasteiger partial charge >= 0.3 is 6.03 Å². The average molecular weight is 352 g/mol. The molecule has 25 heavy (non-hydrogen) atoms. The van der Waals surface area contributed by atoms with E-state index in [0.29, 0.717) is 39.4 Å². The predicted octanol–water partition coefficient (Wildman–Crippen LogP) is 1.26. The van der Waals surface area contributed by atoms with Gasteiger partial charge in [0.05, 0.1) is 19.3 Å². The second-order valence-electron chi connectivity index (χ2n) is 6.79. The second kappa shape index (κ2) is 6.86. The molecule has 0 spiro atoms. The zero-order valence-corrected chi connectivity index (χ0v) is 13.9. The topological polar surface area (TPSA) is 56.8 Å². The molecule has 1 aromatic rings. The molecule has 0 bridgehead atoms. The van der Waals surface area contributed by atoms with Crippen LogP contribution in [0.15, 0.2) is 18.2 Å². The van der Waals surface area contributed by atoms with E-state index in [2.05, 4.69) is 10.9 Å². The maximum absolute atomic E-state index is 14.2. The highest BCUT2D eigenvalue weighted by Gasteiger charge is 2.44. The number of benzene rings is 1. The van der Waals surface area contributed by atoms with Crippen molar-refractivity contribution in [3.8, 4) is 0 Å². The second-order valence-corrected chi connectivity index (χ2v) is 6.79. The number of hydrogen-bond donors (Lipinski definition) is 2. The van der Waals surface area contributed by atoms with E-state index >= 15 is 0 Å². The number of carbonyl (C=O) groups excluding carboxylic acids is 1. The first-order valence-electron chi connectivity index (χ1n) is 8.71. The highest BCUT2D eigenvalue weighted by atomic mass is 19.1. The summed E-state index contributed by atoms with van der Waals surface area (Å²) in [6.07, 6.45) is 0.750. The summed E-state index contributed by atoms with van der Waals surface area (Å²) >= 11 is 0. The Bertz CT molecular complexity index is 633. The number of hydrazine groups is 1. The molecule has 0 aromatic heterocycles. The van der Waals surface area contributed by atoms with Crippen molar-refractivity contribution in [2.45, 2.75) is 18.5 Å². The Morgan fingerprint density at radius 3 is 2.52 bits per heavy atom. The summed E-state index contributed by atoms with van der Waals surface area (Å²) in [5.74, 6) is -1.20. The molecular formula is C17H22F2N4O2. The first-order valence-corrected chi connectivity index (χ1v) is 8.71. The standard InChI is InChI=1S/C17H22F2N4O2/c18-12-2-1-3-13(19)15(12)16-11-10-23(5-4-14(11)20-21-16)17(24)22-6-8-25-9-7-22/h1-3,11,14,16,20-21H,4-10H2. The Labute approximate surface area is 145 Å². The zero-order valence-electron chi connectivity index (χ0n) is 13.9. The van der Waals surface area contributed by atoms with Crippen molar-refractivity contribution in [1.29, 1.82) is 0 Å². The molecule has 3 unspecified atom stereocenters. The van der Waals surface area contributed by atoms with Crippen LogP contribution in [0, 0.1) is 17.6 Å². The molecule has 3 fully saturated rings. The van der Waals surface area contributed by atoms with Crippen molar-refractivity contribution >= 4 is 6.03 Å². The fourth-order valence-electron chi connectivity index (χ4n) is 4.03. The number of ether oxygens (including phenoxy) is 1. The van der Waals surface area contributed by atoms with Gasteiger partial charge in [0.2, 0.25) is 0 Å². The first kappa shape index (κ1) is 16.7. The molecule has 3 atom stereocenters. The molecule has 4 rings (SSSR count). The normalized spacial score (nSPS) is 29.6. The lowest BCUT2D eigenvalue weighted by molar-refractivity contribution is 0.0381. The van der Waals surface area contributed by atoms with Crippen LogP contribution in [0.4, 0.5) is 13.6 Å². The van der Waals surface area contributed by atoms with E-state index in [1.54, 1.807) is 9.80 Å². The molecule has 1 aromatic carbocycles. The summed E-state index contributed by atoms with van der Waals surface area (Å²) in [6, 6.07) is 3.49. The van der Waals surface area contributed by atoms with Gasteiger partial charge in [-0.05, 0) is 18.6 Å². The maximum atomic E-state index is 14.2. The van der Waals surface area contributed by atoms with Crippen LogP contribution in [0.25, 0.3) is 0 Å². The van der Waals surface area contributed by atoms with Crippen LogP contribution >= 0.6 is 0 Å². The van der Waals surface area contributed by atoms with Crippen molar-refractivity contribution < 1.29 is 18.3 Å². The molecule has 0 aliphatic carbocycles. The lowest BCUT2D eigenvalue weighted by Crippen LogP contribution is -2.54. The smallest absolute Gasteiger partial charge is 0.320 e. The van der Waals surface area contributed by atoms with Gasteiger partial charge in [0.1, 0.15) is 11.6 Å². The minimum atomic E-state index is -0.559. The summed E-state index contributed by atoms with van der Waals surface area (Å²) in [5, 5.41) is 0. The Hall–Kier alpha value is -1.77. The number of amides is 2. The number of carbonyl (C=O) groups is 1. The SMILES string of the molecule is O=C(N1CCOCC1)N1CCC2NNC(c3c(F)cccc3F)C2C1. The van der Waals surface area contributed by atoms with Crippen LogP contribution in [0.3, 0.4) is 0 Å². The van der Waals surface area contributed by atoms with Crippen LogP contribution in [0.5, 0.6) is 0 Å². The highest BCUT2D eigenvalue weighted by Crippen LogP contribution is 2.36. The highest BCUT2D eigenvalue weighted by molar-refractivity contribution is 5.74. The van der Waals surface area contributed by atoms with Gasteiger partial charge in [-0.15, -0.1) is 0 Å². The van der Waals surface area contributed by atoms with E-state index in [-0.39, 0.29) is 23.6 Å². The van der Waals surface area contributed by atoms with E-state index in [0.717, 1.165) is 6.42 Å². The Morgan fingerprint density at radius 1 is 1.08 bits per heavy atom. The lowest BCUT2D eigenvalue weighted by atomic mass is 9.85. The van der Waals surface area contributed by atoms with Crippen molar-refractivity contribution in [1.82, 2.24) is 20.7 Å². The zero-order chi connectivity index (χ0) is 17.4. The number of nitrogens with zero attached hydrogens (tertiary/aromatic N) is 2. The monoisotopic (exact) mass is 352 g/mol. The third kappa shape index (κ3) is 3.09. The molecule has 8 heteroatoms. The third-order valence-corrected chi connectivity index (χ3v) is 5.37. The van der Waals surface area contributed by atoms with Gasteiger partial charge < -0.3 is 14.5 Å². The number of urea groups is 1. The fraction of sp³-hybridized carbons (Fsp3) is 0.588. The largest absolute Gasteiger partial charge is 0.378 e. The fourth-order valence-corrected chi connectivity index (χ4v) is 4.03. The van der Waals surface area contributed by atoms with Gasteiger partial charge in [-0.2, -0.15) is 0 Å². The number of rotatable bonds is 1.